The lowest BCUT2D eigenvalue weighted by Gasteiger charge is -2.57. The molecule has 1 aromatic heterocycles. The average Bonchev–Trinajstić information content (AvgIpc) is 3.28. The first-order valence-electron chi connectivity index (χ1n) is 11.8. The molecular weight excluding hydrogens is 430 g/mol. The highest BCUT2D eigenvalue weighted by Gasteiger charge is 2.52. The molecule has 170 valence electrons. The fourth-order valence-corrected chi connectivity index (χ4v) is 7.60. The molecule has 5 nitrogen and oxygen atoms in total. The van der Waals surface area contributed by atoms with Crippen molar-refractivity contribution in [3.63, 3.8) is 0 Å². The van der Waals surface area contributed by atoms with Crippen molar-refractivity contribution in [1.29, 1.82) is 0 Å². The predicted octanol–water partition coefficient (Wildman–Crippen LogP) is 6.44. The second-order valence-electron chi connectivity index (χ2n) is 10.1. The third-order valence-electron chi connectivity index (χ3n) is 7.87. The first-order valence-corrected chi connectivity index (χ1v) is 12.7. The molecule has 1 heterocycles. The normalized spacial score (nSPS) is 27.8. The predicted molar refractivity (Wildman–Crippen MR) is 133 cm³/mol. The molecule has 0 saturated heterocycles. The van der Waals surface area contributed by atoms with Gasteiger partial charge in [0.2, 0.25) is 5.13 Å². The zero-order chi connectivity index (χ0) is 22.4. The van der Waals surface area contributed by atoms with Crippen LogP contribution in [0.15, 0.2) is 52.9 Å². The summed E-state index contributed by atoms with van der Waals surface area (Å²) >= 11 is 1.53. The molecule has 33 heavy (non-hydrogen) atoms. The number of nitrogens with one attached hydrogen (secondary N) is 1. The molecule has 4 bridgehead atoms. The summed E-state index contributed by atoms with van der Waals surface area (Å²) in [5, 5.41) is 18.3. The summed E-state index contributed by atoms with van der Waals surface area (Å²) in [4.78, 5) is 4.63. The van der Waals surface area contributed by atoms with Crippen LogP contribution in [-0.2, 0) is 5.41 Å². The van der Waals surface area contributed by atoms with Crippen molar-refractivity contribution < 1.29 is 9.84 Å². The summed E-state index contributed by atoms with van der Waals surface area (Å²) in [6, 6.07) is 14.1. The molecule has 2 aromatic carbocycles. The molecule has 7 rings (SSSR count). The van der Waals surface area contributed by atoms with Gasteiger partial charge < -0.3 is 9.84 Å². The SMILES string of the molecule is COc1cc(C=NNc2nc(-c3ccccc3)cs2)cc(C23CC4CC(CC(C4)C2)C3)c1O. The topological polar surface area (TPSA) is 66.7 Å². The molecule has 0 amide bonds. The number of hydrogen-bond acceptors (Lipinski definition) is 6. The number of aromatic nitrogens is 1. The maximum Gasteiger partial charge on any atom is 0.203 e. The average molecular weight is 460 g/mol. The van der Waals surface area contributed by atoms with Gasteiger partial charge in [0.05, 0.1) is 19.0 Å². The van der Waals surface area contributed by atoms with E-state index in [1.807, 2.05) is 29.6 Å². The molecule has 4 fully saturated rings. The fraction of sp³-hybridized carbons (Fsp3) is 0.407. The molecule has 0 atom stereocenters. The Bertz CT molecular complexity index is 1150. The van der Waals surface area contributed by atoms with Crippen LogP contribution in [0.2, 0.25) is 0 Å². The van der Waals surface area contributed by atoms with Crippen LogP contribution in [0.1, 0.15) is 49.7 Å². The van der Waals surface area contributed by atoms with Gasteiger partial charge in [-0.1, -0.05) is 30.3 Å². The number of aromatic hydroxyl groups is 1. The van der Waals surface area contributed by atoms with E-state index in [9.17, 15) is 5.11 Å². The molecular formula is C27H29N3O2S. The Kier molecular flexibility index (Phi) is 5.13. The van der Waals surface area contributed by atoms with E-state index in [0.29, 0.717) is 11.5 Å². The summed E-state index contributed by atoms with van der Waals surface area (Å²) in [6.45, 7) is 0. The maximum atomic E-state index is 11.1. The first kappa shape index (κ1) is 20.7. The van der Waals surface area contributed by atoms with Gasteiger partial charge in [0, 0.05) is 16.5 Å². The monoisotopic (exact) mass is 459 g/mol. The number of anilines is 1. The Labute approximate surface area is 198 Å². The highest BCUT2D eigenvalue weighted by Crippen LogP contribution is 2.62. The highest BCUT2D eigenvalue weighted by molar-refractivity contribution is 7.14. The minimum atomic E-state index is 0.0866. The molecule has 2 N–H and O–H groups in total. The fourth-order valence-electron chi connectivity index (χ4n) is 6.93. The standard InChI is InChI=1S/C27H29N3O2S/c1-32-24-11-20(15-28-30-26-29-23(16-33-26)21-5-3-2-4-6-21)10-22(25(24)31)27-12-17-7-18(13-27)9-19(8-17)14-27/h2-6,10-11,15-19,31H,7-9,12-14H2,1H3,(H,29,30). The highest BCUT2D eigenvalue weighted by atomic mass is 32.1. The van der Waals surface area contributed by atoms with Gasteiger partial charge in [-0.05, 0) is 79.4 Å². The number of hydrogen-bond donors (Lipinski definition) is 2. The number of phenolic OH excluding ortho intramolecular Hbond substituents is 1. The molecule has 4 aliphatic rings. The van der Waals surface area contributed by atoms with Gasteiger partial charge in [0.25, 0.3) is 0 Å². The number of methoxy groups -OCH3 is 1. The van der Waals surface area contributed by atoms with Gasteiger partial charge in [-0.3, -0.25) is 5.43 Å². The summed E-state index contributed by atoms with van der Waals surface area (Å²) < 4.78 is 5.56. The van der Waals surface area contributed by atoms with Crippen LogP contribution in [-0.4, -0.2) is 23.4 Å². The van der Waals surface area contributed by atoms with E-state index in [0.717, 1.165) is 45.3 Å². The van der Waals surface area contributed by atoms with Crippen LogP contribution in [0.25, 0.3) is 11.3 Å². The molecule has 0 spiro atoms. The lowest BCUT2D eigenvalue weighted by molar-refractivity contribution is -0.00627. The van der Waals surface area contributed by atoms with Gasteiger partial charge in [-0.25, -0.2) is 4.98 Å². The van der Waals surface area contributed by atoms with Crippen LogP contribution in [0.4, 0.5) is 5.13 Å². The quantitative estimate of drug-likeness (QED) is 0.329. The van der Waals surface area contributed by atoms with Crippen LogP contribution >= 0.6 is 11.3 Å². The Hall–Kier alpha value is -2.86. The number of ether oxygens (including phenoxy) is 1. The van der Waals surface area contributed by atoms with E-state index in [2.05, 4.69) is 33.7 Å². The van der Waals surface area contributed by atoms with E-state index >= 15 is 0 Å². The van der Waals surface area contributed by atoms with Crippen molar-refractivity contribution in [3.05, 3.63) is 59.0 Å². The summed E-state index contributed by atoms with van der Waals surface area (Å²) in [5.74, 6) is 3.28. The van der Waals surface area contributed by atoms with Crippen LogP contribution in [0, 0.1) is 17.8 Å². The minimum absolute atomic E-state index is 0.0866. The van der Waals surface area contributed by atoms with Crippen molar-refractivity contribution >= 4 is 22.7 Å². The van der Waals surface area contributed by atoms with Gasteiger partial charge in [-0.15, -0.1) is 11.3 Å². The van der Waals surface area contributed by atoms with Crippen molar-refractivity contribution in [1.82, 2.24) is 4.98 Å². The van der Waals surface area contributed by atoms with Gasteiger partial charge in [0.1, 0.15) is 0 Å². The molecule has 6 heteroatoms. The molecule has 0 radical (unpaired) electrons. The number of rotatable bonds is 6. The Balaban J connectivity index is 1.25. The Morgan fingerprint density at radius 3 is 2.45 bits per heavy atom. The van der Waals surface area contributed by atoms with E-state index in [-0.39, 0.29) is 5.41 Å². The smallest absolute Gasteiger partial charge is 0.203 e. The van der Waals surface area contributed by atoms with Gasteiger partial charge in [0.15, 0.2) is 11.5 Å². The lowest BCUT2D eigenvalue weighted by atomic mass is 9.48. The number of phenols is 1. The largest absolute Gasteiger partial charge is 0.504 e. The van der Waals surface area contributed by atoms with E-state index in [4.69, 9.17) is 4.74 Å². The van der Waals surface area contributed by atoms with Crippen LogP contribution in [0.5, 0.6) is 11.5 Å². The van der Waals surface area contributed by atoms with Crippen molar-refractivity contribution in [2.45, 2.75) is 43.9 Å². The van der Waals surface area contributed by atoms with E-state index in [1.165, 1.54) is 49.9 Å². The van der Waals surface area contributed by atoms with Gasteiger partial charge in [-0.2, -0.15) is 5.10 Å². The van der Waals surface area contributed by atoms with Crippen LogP contribution < -0.4 is 10.2 Å². The zero-order valence-electron chi connectivity index (χ0n) is 18.8. The zero-order valence-corrected chi connectivity index (χ0v) is 19.6. The molecule has 4 aliphatic carbocycles. The number of benzene rings is 2. The summed E-state index contributed by atoms with van der Waals surface area (Å²) in [6.07, 6.45) is 9.50. The van der Waals surface area contributed by atoms with Gasteiger partial charge >= 0.3 is 0 Å². The Morgan fingerprint density at radius 2 is 1.79 bits per heavy atom. The third-order valence-corrected chi connectivity index (χ3v) is 8.62. The summed E-state index contributed by atoms with van der Waals surface area (Å²) in [5.41, 5.74) is 7.17. The second-order valence-corrected chi connectivity index (χ2v) is 10.9. The van der Waals surface area contributed by atoms with Crippen LogP contribution in [0.3, 0.4) is 0 Å². The second kappa shape index (κ2) is 8.17. The molecule has 0 aliphatic heterocycles. The van der Waals surface area contributed by atoms with Crippen molar-refractivity contribution in [3.8, 4) is 22.8 Å². The number of thiazole rings is 1. The number of hydrazone groups is 1. The number of nitrogens with zero attached hydrogens (tertiary/aromatic N) is 2. The Morgan fingerprint density at radius 1 is 1.09 bits per heavy atom. The molecule has 3 aromatic rings. The van der Waals surface area contributed by atoms with E-state index in [1.54, 1.807) is 13.3 Å². The van der Waals surface area contributed by atoms with Crippen molar-refractivity contribution in [2.75, 3.05) is 12.5 Å². The minimum Gasteiger partial charge on any atom is -0.504 e. The maximum absolute atomic E-state index is 11.1. The van der Waals surface area contributed by atoms with Crippen molar-refractivity contribution in [2.24, 2.45) is 22.9 Å². The van der Waals surface area contributed by atoms with E-state index < -0.39 is 0 Å². The first-order chi connectivity index (χ1) is 16.1. The summed E-state index contributed by atoms with van der Waals surface area (Å²) in [7, 11) is 1.62. The lowest BCUT2D eigenvalue weighted by Crippen LogP contribution is -2.48. The third kappa shape index (κ3) is 3.80. The molecule has 4 saturated carbocycles. The molecule has 0 unspecified atom stereocenters.